The number of ether oxygens (including phenoxy) is 1. The van der Waals surface area contributed by atoms with Crippen LogP contribution in [0.25, 0.3) is 0 Å². The van der Waals surface area contributed by atoms with Crippen molar-refractivity contribution in [3.8, 4) is 0 Å². The van der Waals surface area contributed by atoms with Gasteiger partial charge in [0.25, 0.3) is 0 Å². The summed E-state index contributed by atoms with van der Waals surface area (Å²) >= 11 is 0. The number of rotatable bonds is 7. The highest BCUT2D eigenvalue weighted by molar-refractivity contribution is 5.93. The Morgan fingerprint density at radius 1 is 1.19 bits per heavy atom. The molecule has 0 saturated heterocycles. The summed E-state index contributed by atoms with van der Waals surface area (Å²) in [5.74, 6) is -0.359. The molecule has 0 bridgehead atoms. The molecule has 0 amide bonds. The number of methoxy groups -OCH3 is 1. The van der Waals surface area contributed by atoms with E-state index >= 15 is 0 Å². The van der Waals surface area contributed by atoms with Crippen LogP contribution in [-0.2, 0) is 14.4 Å². The first-order valence-corrected chi connectivity index (χ1v) is 7.99. The van der Waals surface area contributed by atoms with Gasteiger partial charge in [-0.25, -0.2) is 4.79 Å². The predicted molar refractivity (Wildman–Crippen MR) is 84.1 cm³/mol. The minimum Gasteiger partial charge on any atom is -0.467 e. The van der Waals surface area contributed by atoms with Gasteiger partial charge in [0.15, 0.2) is 6.10 Å². The van der Waals surface area contributed by atoms with E-state index in [4.69, 9.17) is 14.6 Å². The summed E-state index contributed by atoms with van der Waals surface area (Å²) in [7, 11) is 1.38. The summed E-state index contributed by atoms with van der Waals surface area (Å²) in [6, 6.07) is 0. The van der Waals surface area contributed by atoms with E-state index in [2.05, 4.69) is 34.6 Å². The molecule has 0 spiro atoms. The average molecular weight is 298 g/mol. The van der Waals surface area contributed by atoms with E-state index in [9.17, 15) is 4.79 Å². The molecule has 0 N–H and O–H groups in total. The Labute approximate surface area is 128 Å². The number of hydroxylamine groups is 2. The lowest BCUT2D eigenvalue weighted by atomic mass is 9.87. The summed E-state index contributed by atoms with van der Waals surface area (Å²) in [6.45, 7) is 12.3. The van der Waals surface area contributed by atoms with Gasteiger partial charge in [-0.1, -0.05) is 27.7 Å². The van der Waals surface area contributed by atoms with E-state index < -0.39 is 11.8 Å². The van der Waals surface area contributed by atoms with Gasteiger partial charge in [-0.05, 0) is 39.5 Å². The lowest BCUT2D eigenvalue weighted by molar-refractivity contribution is -0.278. The number of hydrogen-bond donors (Lipinski definition) is 0. The number of hydrogen-bond acceptors (Lipinski definition) is 5. The van der Waals surface area contributed by atoms with Crippen LogP contribution in [-0.4, -0.2) is 41.2 Å². The van der Waals surface area contributed by atoms with E-state index in [0.717, 1.165) is 31.4 Å². The van der Waals surface area contributed by atoms with Crippen molar-refractivity contribution < 1.29 is 14.4 Å². The molecule has 1 rings (SSSR count). The Kier molecular flexibility index (Phi) is 5.93. The Bertz CT molecular complexity index is 398. The molecular formula is C16H30N2O3. The van der Waals surface area contributed by atoms with E-state index in [1.165, 1.54) is 7.11 Å². The van der Waals surface area contributed by atoms with E-state index in [1.54, 1.807) is 6.92 Å². The zero-order chi connectivity index (χ0) is 16.3. The molecule has 0 radical (unpaired) electrons. The van der Waals surface area contributed by atoms with Crippen molar-refractivity contribution >= 4 is 11.7 Å². The molecule has 0 fully saturated rings. The minimum atomic E-state index is -0.633. The summed E-state index contributed by atoms with van der Waals surface area (Å²) < 4.78 is 4.79. The van der Waals surface area contributed by atoms with Crippen LogP contribution in [0.2, 0.25) is 0 Å². The second-order valence-electron chi connectivity index (χ2n) is 5.69. The van der Waals surface area contributed by atoms with Gasteiger partial charge < -0.3 is 4.74 Å². The lowest BCUT2D eigenvalue weighted by Gasteiger charge is -2.44. The fourth-order valence-corrected chi connectivity index (χ4v) is 3.32. The Balaban J connectivity index is 3.21. The molecule has 1 unspecified atom stereocenters. The second kappa shape index (κ2) is 6.88. The topological polar surface area (TPSA) is 51.1 Å². The van der Waals surface area contributed by atoms with E-state index in [-0.39, 0.29) is 11.5 Å². The van der Waals surface area contributed by atoms with Crippen LogP contribution in [0.1, 0.15) is 67.2 Å². The largest absolute Gasteiger partial charge is 0.467 e. The standard InChI is InChI=1S/C16H30N2O3/c1-8-15(9-2)13(6)17-16(10-3,11-4)18(15)21-12(5)14(19)20-7/h12H,8-11H2,1-7H3. The van der Waals surface area contributed by atoms with Gasteiger partial charge in [0, 0.05) is 5.71 Å². The van der Waals surface area contributed by atoms with Crippen molar-refractivity contribution in [2.24, 2.45) is 4.99 Å². The Hall–Kier alpha value is -0.940. The van der Waals surface area contributed by atoms with Gasteiger partial charge in [0.1, 0.15) is 5.66 Å². The maximum atomic E-state index is 11.7. The molecule has 0 aliphatic carbocycles. The molecular weight excluding hydrogens is 268 g/mol. The fourth-order valence-electron chi connectivity index (χ4n) is 3.32. The van der Waals surface area contributed by atoms with Crippen molar-refractivity contribution in [2.45, 2.75) is 84.5 Å². The molecule has 5 heteroatoms. The Morgan fingerprint density at radius 3 is 2.10 bits per heavy atom. The molecule has 1 heterocycles. The van der Waals surface area contributed by atoms with Crippen LogP contribution in [0.5, 0.6) is 0 Å². The number of aliphatic imine (C=N–C) groups is 1. The number of esters is 1. The van der Waals surface area contributed by atoms with Crippen molar-refractivity contribution in [1.29, 1.82) is 0 Å². The van der Waals surface area contributed by atoms with Crippen LogP contribution in [0, 0.1) is 0 Å². The number of nitrogens with zero attached hydrogens (tertiary/aromatic N) is 2. The molecule has 0 aromatic carbocycles. The molecule has 0 aromatic heterocycles. The zero-order valence-corrected chi connectivity index (χ0v) is 14.5. The zero-order valence-electron chi connectivity index (χ0n) is 14.5. The van der Waals surface area contributed by atoms with Crippen LogP contribution in [0.4, 0.5) is 0 Å². The third-order valence-corrected chi connectivity index (χ3v) is 4.91. The number of carbonyl (C=O) groups excluding carboxylic acids is 1. The highest BCUT2D eigenvalue weighted by atomic mass is 16.7. The SMILES string of the molecule is CCC1(CC)N=C(C)C(CC)(CC)N1OC(C)C(=O)OC. The number of carbonyl (C=O) groups is 1. The van der Waals surface area contributed by atoms with E-state index in [1.807, 2.05) is 5.06 Å². The molecule has 0 aromatic rings. The van der Waals surface area contributed by atoms with Gasteiger partial charge in [0.05, 0.1) is 12.6 Å². The van der Waals surface area contributed by atoms with Crippen LogP contribution in [0.3, 0.4) is 0 Å². The monoisotopic (exact) mass is 298 g/mol. The first kappa shape index (κ1) is 18.1. The maximum Gasteiger partial charge on any atom is 0.336 e. The highest BCUT2D eigenvalue weighted by Crippen LogP contribution is 2.44. The predicted octanol–water partition coefficient (Wildman–Crippen LogP) is 3.33. The van der Waals surface area contributed by atoms with Crippen LogP contribution >= 0.6 is 0 Å². The first-order valence-electron chi connectivity index (χ1n) is 7.99. The summed E-state index contributed by atoms with van der Waals surface area (Å²) in [6.07, 6.45) is 2.85. The van der Waals surface area contributed by atoms with Gasteiger partial charge >= 0.3 is 5.97 Å². The first-order chi connectivity index (χ1) is 9.87. The molecule has 1 atom stereocenters. The molecule has 1 aliphatic rings. The smallest absolute Gasteiger partial charge is 0.336 e. The highest BCUT2D eigenvalue weighted by Gasteiger charge is 2.54. The molecule has 5 nitrogen and oxygen atoms in total. The van der Waals surface area contributed by atoms with Crippen LogP contribution in [0.15, 0.2) is 4.99 Å². The fraction of sp³-hybridized carbons (Fsp3) is 0.875. The van der Waals surface area contributed by atoms with Gasteiger partial charge in [-0.2, -0.15) is 0 Å². The quantitative estimate of drug-likeness (QED) is 0.676. The summed E-state index contributed by atoms with van der Waals surface area (Å²) in [5.41, 5.74) is 0.459. The maximum absolute atomic E-state index is 11.7. The molecule has 122 valence electrons. The summed E-state index contributed by atoms with van der Waals surface area (Å²) in [4.78, 5) is 22.8. The summed E-state index contributed by atoms with van der Waals surface area (Å²) in [5, 5.41) is 1.98. The Morgan fingerprint density at radius 2 is 1.71 bits per heavy atom. The third-order valence-electron chi connectivity index (χ3n) is 4.91. The van der Waals surface area contributed by atoms with E-state index in [0.29, 0.717) is 0 Å². The normalized spacial score (nSPS) is 22.0. The molecule has 1 aliphatic heterocycles. The molecule has 21 heavy (non-hydrogen) atoms. The lowest BCUT2D eigenvalue weighted by Crippen LogP contribution is -2.58. The van der Waals surface area contributed by atoms with Crippen molar-refractivity contribution in [3.63, 3.8) is 0 Å². The van der Waals surface area contributed by atoms with Crippen LogP contribution < -0.4 is 0 Å². The van der Waals surface area contributed by atoms with Gasteiger partial charge in [0.2, 0.25) is 0 Å². The van der Waals surface area contributed by atoms with Crippen molar-refractivity contribution in [3.05, 3.63) is 0 Å². The van der Waals surface area contributed by atoms with Gasteiger partial charge in [-0.3, -0.25) is 9.83 Å². The second-order valence-corrected chi connectivity index (χ2v) is 5.69. The molecule has 0 saturated carbocycles. The van der Waals surface area contributed by atoms with Gasteiger partial charge in [-0.15, -0.1) is 5.06 Å². The minimum absolute atomic E-state index is 0.242. The van der Waals surface area contributed by atoms with Crippen molar-refractivity contribution in [1.82, 2.24) is 5.06 Å². The average Bonchev–Trinajstić information content (AvgIpc) is 2.75. The third kappa shape index (κ3) is 2.86. The van der Waals surface area contributed by atoms with Crippen molar-refractivity contribution in [2.75, 3.05) is 7.11 Å².